The zero-order chi connectivity index (χ0) is 12.8. The molecule has 1 fully saturated rings. The van der Waals surface area contributed by atoms with Gasteiger partial charge in [0.15, 0.2) is 0 Å². The van der Waals surface area contributed by atoms with Gasteiger partial charge in [-0.25, -0.2) is 4.79 Å². The lowest BCUT2D eigenvalue weighted by molar-refractivity contribution is -0.150. The van der Waals surface area contributed by atoms with E-state index in [-0.39, 0.29) is 5.91 Å². The Bertz CT molecular complexity index is 281. The van der Waals surface area contributed by atoms with Crippen LogP contribution >= 0.6 is 0 Å². The van der Waals surface area contributed by atoms with Gasteiger partial charge in [-0.15, -0.1) is 0 Å². The molecule has 98 valence electrons. The molecule has 0 bridgehead atoms. The van der Waals surface area contributed by atoms with Crippen LogP contribution in [0.5, 0.6) is 0 Å². The lowest BCUT2D eigenvalue weighted by atomic mass is 10.1. The number of nitrogens with zero attached hydrogens (tertiary/aromatic N) is 1. The second-order valence-corrected chi connectivity index (χ2v) is 4.63. The van der Waals surface area contributed by atoms with E-state index in [0.717, 1.165) is 25.7 Å². The molecule has 0 aromatic rings. The first-order chi connectivity index (χ1) is 8.07. The summed E-state index contributed by atoms with van der Waals surface area (Å²) in [6.45, 7) is 2.48. The maximum atomic E-state index is 12.1. The van der Waals surface area contributed by atoms with Gasteiger partial charge in [0.25, 0.3) is 0 Å². The molecule has 5 nitrogen and oxygen atoms in total. The number of nitrogens with two attached hydrogens (primary N) is 1. The number of carbonyl (C=O) groups excluding carboxylic acids is 1. The van der Waals surface area contributed by atoms with E-state index in [1.54, 1.807) is 0 Å². The number of rotatable bonds is 4. The molecule has 0 spiro atoms. The SMILES string of the molecule is CCC[C@H](N)C(=O)N1CCCCCC1C(=O)O. The minimum Gasteiger partial charge on any atom is -0.480 e. The number of hydrogen-bond donors (Lipinski definition) is 2. The Kier molecular flexibility index (Phi) is 5.41. The van der Waals surface area contributed by atoms with Gasteiger partial charge in [0.2, 0.25) is 5.91 Å². The van der Waals surface area contributed by atoms with Crippen LogP contribution in [0.2, 0.25) is 0 Å². The zero-order valence-corrected chi connectivity index (χ0v) is 10.4. The monoisotopic (exact) mass is 242 g/mol. The molecule has 5 heteroatoms. The van der Waals surface area contributed by atoms with Crippen molar-refractivity contribution in [3.8, 4) is 0 Å². The topological polar surface area (TPSA) is 83.6 Å². The summed E-state index contributed by atoms with van der Waals surface area (Å²) < 4.78 is 0. The van der Waals surface area contributed by atoms with Gasteiger partial charge < -0.3 is 15.7 Å². The Morgan fingerprint density at radius 1 is 1.41 bits per heavy atom. The van der Waals surface area contributed by atoms with Crippen molar-refractivity contribution in [3.63, 3.8) is 0 Å². The number of hydrogen-bond acceptors (Lipinski definition) is 3. The van der Waals surface area contributed by atoms with Gasteiger partial charge in [-0.3, -0.25) is 4.79 Å². The van der Waals surface area contributed by atoms with Crippen LogP contribution in [0.1, 0.15) is 45.4 Å². The van der Waals surface area contributed by atoms with Crippen molar-refractivity contribution < 1.29 is 14.7 Å². The number of likely N-dealkylation sites (tertiary alicyclic amines) is 1. The zero-order valence-electron chi connectivity index (χ0n) is 10.4. The Morgan fingerprint density at radius 2 is 2.12 bits per heavy atom. The molecule has 1 heterocycles. The van der Waals surface area contributed by atoms with E-state index in [9.17, 15) is 9.59 Å². The minimum absolute atomic E-state index is 0.207. The Hall–Kier alpha value is -1.10. The van der Waals surface area contributed by atoms with E-state index >= 15 is 0 Å². The van der Waals surface area contributed by atoms with Crippen LogP contribution in [0.4, 0.5) is 0 Å². The van der Waals surface area contributed by atoms with Crippen LogP contribution in [0.25, 0.3) is 0 Å². The number of amides is 1. The summed E-state index contributed by atoms with van der Waals surface area (Å²) in [6.07, 6.45) is 4.70. The lowest BCUT2D eigenvalue weighted by Crippen LogP contribution is -2.51. The maximum absolute atomic E-state index is 12.1. The maximum Gasteiger partial charge on any atom is 0.326 e. The third kappa shape index (κ3) is 3.70. The Balaban J connectivity index is 2.74. The third-order valence-electron chi connectivity index (χ3n) is 3.24. The van der Waals surface area contributed by atoms with Gasteiger partial charge in [0, 0.05) is 6.54 Å². The fraction of sp³-hybridized carbons (Fsp3) is 0.833. The van der Waals surface area contributed by atoms with Crippen molar-refractivity contribution in [2.75, 3.05) is 6.54 Å². The standard InChI is InChI=1S/C12H22N2O3/c1-2-6-9(13)11(15)14-8-5-3-4-7-10(14)12(16)17/h9-10H,2-8,13H2,1H3,(H,16,17)/t9-,10?/m0/s1. The summed E-state index contributed by atoms with van der Waals surface area (Å²) in [5, 5.41) is 9.16. The normalized spacial score (nSPS) is 22.9. The van der Waals surface area contributed by atoms with E-state index in [1.807, 2.05) is 6.92 Å². The van der Waals surface area contributed by atoms with E-state index in [2.05, 4.69) is 0 Å². The molecule has 1 rings (SSSR count). The van der Waals surface area contributed by atoms with Crippen molar-refractivity contribution in [2.24, 2.45) is 5.73 Å². The van der Waals surface area contributed by atoms with Crippen LogP contribution in [0, 0.1) is 0 Å². The quantitative estimate of drug-likeness (QED) is 0.769. The number of aliphatic carboxylic acids is 1. The molecule has 0 saturated carbocycles. The van der Waals surface area contributed by atoms with Crippen LogP contribution in [-0.2, 0) is 9.59 Å². The van der Waals surface area contributed by atoms with Crippen LogP contribution in [-0.4, -0.2) is 40.5 Å². The predicted octanol–water partition coefficient (Wildman–Crippen LogP) is 0.970. The summed E-state index contributed by atoms with van der Waals surface area (Å²) in [7, 11) is 0. The molecule has 17 heavy (non-hydrogen) atoms. The summed E-state index contributed by atoms with van der Waals surface area (Å²) >= 11 is 0. The van der Waals surface area contributed by atoms with Crippen molar-refractivity contribution in [3.05, 3.63) is 0 Å². The summed E-state index contributed by atoms with van der Waals surface area (Å²) in [5.74, 6) is -1.12. The second kappa shape index (κ2) is 6.59. The molecular weight excluding hydrogens is 220 g/mol. The van der Waals surface area contributed by atoms with Gasteiger partial charge in [0.05, 0.1) is 6.04 Å². The van der Waals surface area contributed by atoms with Gasteiger partial charge >= 0.3 is 5.97 Å². The molecule has 0 radical (unpaired) electrons. The highest BCUT2D eigenvalue weighted by Gasteiger charge is 2.32. The molecular formula is C12H22N2O3. The van der Waals surface area contributed by atoms with Crippen molar-refractivity contribution in [2.45, 2.75) is 57.5 Å². The first-order valence-corrected chi connectivity index (χ1v) is 6.36. The molecule has 1 saturated heterocycles. The third-order valence-corrected chi connectivity index (χ3v) is 3.24. The largest absolute Gasteiger partial charge is 0.480 e. The molecule has 1 aliphatic rings. The Labute approximate surface area is 102 Å². The molecule has 1 aliphatic heterocycles. The molecule has 2 atom stereocenters. The fourth-order valence-corrected chi connectivity index (χ4v) is 2.28. The predicted molar refractivity (Wildman–Crippen MR) is 64.5 cm³/mol. The van der Waals surface area contributed by atoms with Crippen molar-refractivity contribution >= 4 is 11.9 Å². The highest BCUT2D eigenvalue weighted by molar-refractivity contribution is 5.86. The van der Waals surface area contributed by atoms with Gasteiger partial charge in [-0.2, -0.15) is 0 Å². The highest BCUT2D eigenvalue weighted by atomic mass is 16.4. The summed E-state index contributed by atoms with van der Waals surface area (Å²) in [6, 6.07) is -1.24. The van der Waals surface area contributed by atoms with Crippen LogP contribution in [0.3, 0.4) is 0 Å². The fourth-order valence-electron chi connectivity index (χ4n) is 2.28. The molecule has 1 amide bonds. The number of carboxylic acid groups (broad SMARTS) is 1. The highest BCUT2D eigenvalue weighted by Crippen LogP contribution is 2.18. The van der Waals surface area contributed by atoms with Crippen LogP contribution < -0.4 is 5.73 Å². The van der Waals surface area contributed by atoms with Gasteiger partial charge in [-0.1, -0.05) is 26.2 Å². The van der Waals surface area contributed by atoms with E-state index in [4.69, 9.17) is 10.8 Å². The first-order valence-electron chi connectivity index (χ1n) is 6.36. The van der Waals surface area contributed by atoms with Gasteiger partial charge in [-0.05, 0) is 19.3 Å². The summed E-state index contributed by atoms with van der Waals surface area (Å²) in [4.78, 5) is 24.7. The Morgan fingerprint density at radius 3 is 2.71 bits per heavy atom. The average Bonchev–Trinajstić information content (AvgIpc) is 2.53. The summed E-state index contributed by atoms with van der Waals surface area (Å²) in [5.41, 5.74) is 5.79. The first kappa shape index (κ1) is 14.0. The van der Waals surface area contributed by atoms with Crippen molar-refractivity contribution in [1.82, 2.24) is 4.90 Å². The molecule has 0 aliphatic carbocycles. The van der Waals surface area contributed by atoms with E-state index in [0.29, 0.717) is 19.4 Å². The smallest absolute Gasteiger partial charge is 0.326 e. The van der Waals surface area contributed by atoms with Gasteiger partial charge in [0.1, 0.15) is 6.04 Å². The van der Waals surface area contributed by atoms with Crippen LogP contribution in [0.15, 0.2) is 0 Å². The van der Waals surface area contributed by atoms with E-state index in [1.165, 1.54) is 4.90 Å². The lowest BCUT2D eigenvalue weighted by Gasteiger charge is -2.29. The molecule has 3 N–H and O–H groups in total. The average molecular weight is 242 g/mol. The number of carbonyl (C=O) groups is 2. The second-order valence-electron chi connectivity index (χ2n) is 4.63. The van der Waals surface area contributed by atoms with E-state index < -0.39 is 18.1 Å². The van der Waals surface area contributed by atoms with Crippen molar-refractivity contribution in [1.29, 1.82) is 0 Å². The minimum atomic E-state index is -0.913. The number of carboxylic acids is 1. The molecule has 0 aromatic carbocycles. The molecule has 1 unspecified atom stereocenters. The molecule has 0 aromatic heterocycles.